The number of hydrogen-bond donors (Lipinski definition) is 1. The van der Waals surface area contributed by atoms with E-state index in [9.17, 15) is 13.2 Å². The molecule has 4 rings (SSSR count). The van der Waals surface area contributed by atoms with Crippen molar-refractivity contribution in [2.45, 2.75) is 30.9 Å². The van der Waals surface area contributed by atoms with Gasteiger partial charge in [-0.2, -0.15) is 0 Å². The molecule has 36 heavy (non-hydrogen) atoms. The fourth-order valence-corrected chi connectivity index (χ4v) is 4.13. The molecule has 0 unspecified atom stereocenters. The van der Waals surface area contributed by atoms with Gasteiger partial charge in [-0.15, -0.1) is 0 Å². The number of amides is 1. The van der Waals surface area contributed by atoms with E-state index in [1.807, 2.05) is 42.5 Å². The third kappa shape index (κ3) is 7.02. The van der Waals surface area contributed by atoms with Gasteiger partial charge in [-0.3, -0.25) is 4.57 Å². The lowest BCUT2D eigenvalue weighted by Crippen LogP contribution is -2.28. The highest BCUT2D eigenvalue weighted by Crippen LogP contribution is 2.21. The molecule has 2 heterocycles. The number of hydrogen-bond acceptors (Lipinski definition) is 6. The second-order valence-corrected chi connectivity index (χ2v) is 10.4. The Balaban J connectivity index is 1.24. The van der Waals surface area contributed by atoms with Crippen molar-refractivity contribution in [3.05, 3.63) is 96.6 Å². The van der Waals surface area contributed by atoms with Crippen LogP contribution in [0.1, 0.15) is 24.0 Å². The van der Waals surface area contributed by atoms with Gasteiger partial charge in [0.1, 0.15) is 18.7 Å². The molecule has 8 nitrogen and oxygen atoms in total. The maximum atomic E-state index is 12.4. The molecule has 0 aliphatic rings. The summed E-state index contributed by atoms with van der Waals surface area (Å²) < 4.78 is 30.2. The molecule has 1 amide bonds. The summed E-state index contributed by atoms with van der Waals surface area (Å²) in [5.74, 6) is 0.651. The lowest BCUT2D eigenvalue weighted by molar-refractivity contribution is 0.242. The SMILES string of the molecule is CS(=O)(=O)c1ccc(COc2ccc(-c3cn(C(=O)NCCCCc4ccccc4)cn3)cc2)cn1. The van der Waals surface area contributed by atoms with Gasteiger partial charge in [-0.05, 0) is 55.2 Å². The van der Waals surface area contributed by atoms with Gasteiger partial charge in [0.25, 0.3) is 0 Å². The molecule has 0 aliphatic carbocycles. The standard InChI is InChI=1S/C27H28N4O4S/c1-36(33,34)26-15-10-22(17-29-26)19-35-24-13-11-23(12-14-24)25-18-31(20-30-25)27(32)28-16-6-5-9-21-7-3-2-4-8-21/h2-4,7-8,10-15,17-18,20H,5-6,9,16,19H2,1H3,(H,28,32). The van der Waals surface area contributed by atoms with E-state index in [2.05, 4.69) is 27.4 Å². The van der Waals surface area contributed by atoms with Gasteiger partial charge in [0, 0.05) is 36.3 Å². The zero-order valence-electron chi connectivity index (χ0n) is 20.0. The van der Waals surface area contributed by atoms with Crippen LogP contribution in [0, 0.1) is 0 Å². The largest absolute Gasteiger partial charge is 0.489 e. The van der Waals surface area contributed by atoms with Crippen LogP contribution in [0.4, 0.5) is 4.79 Å². The summed E-state index contributed by atoms with van der Waals surface area (Å²) in [6.45, 7) is 0.869. The van der Waals surface area contributed by atoms with Crippen molar-refractivity contribution >= 4 is 15.9 Å². The van der Waals surface area contributed by atoms with E-state index in [0.717, 1.165) is 36.6 Å². The number of benzene rings is 2. The van der Waals surface area contributed by atoms with Crippen molar-refractivity contribution in [1.29, 1.82) is 0 Å². The summed E-state index contributed by atoms with van der Waals surface area (Å²) in [6.07, 6.45) is 8.73. The van der Waals surface area contributed by atoms with Crippen LogP contribution >= 0.6 is 0 Å². The van der Waals surface area contributed by atoms with Gasteiger partial charge < -0.3 is 10.1 Å². The molecule has 2 aromatic heterocycles. The first kappa shape index (κ1) is 25.1. The minimum absolute atomic E-state index is 0.0341. The van der Waals surface area contributed by atoms with Crippen molar-refractivity contribution in [2.75, 3.05) is 12.8 Å². The molecule has 9 heteroatoms. The first-order valence-electron chi connectivity index (χ1n) is 11.6. The van der Waals surface area contributed by atoms with Crippen molar-refractivity contribution in [3.63, 3.8) is 0 Å². The molecular formula is C27H28N4O4S. The summed E-state index contributed by atoms with van der Waals surface area (Å²) in [5.41, 5.74) is 3.60. The van der Waals surface area contributed by atoms with Crippen LogP contribution in [0.5, 0.6) is 5.75 Å². The molecule has 2 aromatic carbocycles. The second kappa shape index (κ2) is 11.6. The Morgan fingerprint density at radius 2 is 1.72 bits per heavy atom. The Kier molecular flexibility index (Phi) is 8.12. The Labute approximate surface area is 210 Å². The van der Waals surface area contributed by atoms with E-state index in [1.54, 1.807) is 12.3 Å². The van der Waals surface area contributed by atoms with Gasteiger partial charge in [0.2, 0.25) is 0 Å². The minimum Gasteiger partial charge on any atom is -0.489 e. The van der Waals surface area contributed by atoms with E-state index >= 15 is 0 Å². The normalized spacial score (nSPS) is 11.2. The zero-order valence-corrected chi connectivity index (χ0v) is 20.8. The van der Waals surface area contributed by atoms with Crippen LogP contribution in [0.15, 0.2) is 90.5 Å². The van der Waals surface area contributed by atoms with Crippen molar-refractivity contribution in [2.24, 2.45) is 0 Å². The monoisotopic (exact) mass is 504 g/mol. The van der Waals surface area contributed by atoms with Crippen LogP contribution in [0.2, 0.25) is 0 Å². The predicted octanol–water partition coefficient (Wildman–Crippen LogP) is 4.51. The van der Waals surface area contributed by atoms with E-state index in [4.69, 9.17) is 4.74 Å². The van der Waals surface area contributed by atoms with Gasteiger partial charge in [-0.25, -0.2) is 23.2 Å². The van der Waals surface area contributed by atoms with Crippen molar-refractivity contribution in [3.8, 4) is 17.0 Å². The van der Waals surface area contributed by atoms with Crippen LogP contribution in [-0.2, 0) is 22.9 Å². The summed E-state index contributed by atoms with van der Waals surface area (Å²) in [6, 6.07) is 20.6. The quantitative estimate of drug-likeness (QED) is 0.319. The number of carbonyl (C=O) groups excluding carboxylic acids is 1. The highest BCUT2D eigenvalue weighted by molar-refractivity contribution is 7.90. The van der Waals surface area contributed by atoms with Crippen LogP contribution in [0.25, 0.3) is 11.3 Å². The van der Waals surface area contributed by atoms with Gasteiger partial charge in [-0.1, -0.05) is 36.4 Å². The predicted molar refractivity (Wildman–Crippen MR) is 138 cm³/mol. The lowest BCUT2D eigenvalue weighted by Gasteiger charge is -2.07. The van der Waals surface area contributed by atoms with Gasteiger partial charge in [0.05, 0.1) is 5.69 Å². The highest BCUT2D eigenvalue weighted by atomic mass is 32.2. The van der Waals surface area contributed by atoms with E-state index in [-0.39, 0.29) is 17.7 Å². The molecule has 186 valence electrons. The number of carbonyl (C=O) groups is 1. The number of ether oxygens (including phenoxy) is 1. The number of aromatic nitrogens is 3. The number of pyridine rings is 1. The Bertz CT molecular complexity index is 1380. The first-order chi connectivity index (χ1) is 17.4. The van der Waals surface area contributed by atoms with Crippen LogP contribution in [-0.4, -0.2) is 41.8 Å². The Hall–Kier alpha value is -3.98. The van der Waals surface area contributed by atoms with E-state index < -0.39 is 9.84 Å². The maximum absolute atomic E-state index is 12.4. The minimum atomic E-state index is -3.32. The fraction of sp³-hybridized carbons (Fsp3) is 0.222. The number of nitrogens with zero attached hydrogens (tertiary/aromatic N) is 3. The molecule has 0 spiro atoms. The summed E-state index contributed by atoms with van der Waals surface area (Å²) in [7, 11) is -3.32. The number of imidazole rings is 1. The molecule has 1 N–H and O–H groups in total. The lowest BCUT2D eigenvalue weighted by atomic mass is 10.1. The van der Waals surface area contributed by atoms with Crippen molar-refractivity contribution < 1.29 is 17.9 Å². The second-order valence-electron chi connectivity index (χ2n) is 8.43. The molecule has 0 atom stereocenters. The number of unbranched alkanes of at least 4 members (excludes halogenated alkanes) is 1. The first-order valence-corrected chi connectivity index (χ1v) is 13.5. The number of sulfone groups is 1. The Morgan fingerprint density at radius 3 is 2.42 bits per heavy atom. The smallest absolute Gasteiger partial charge is 0.326 e. The topological polar surface area (TPSA) is 103 Å². The molecule has 0 fully saturated rings. The van der Waals surface area contributed by atoms with E-state index in [1.165, 1.54) is 28.7 Å². The summed E-state index contributed by atoms with van der Waals surface area (Å²) in [5, 5.41) is 2.96. The number of rotatable bonds is 10. The van der Waals surface area contributed by atoms with Crippen molar-refractivity contribution in [1.82, 2.24) is 19.9 Å². The average molecular weight is 505 g/mol. The third-order valence-corrected chi connectivity index (χ3v) is 6.56. The number of nitrogens with one attached hydrogen (secondary N) is 1. The zero-order chi connectivity index (χ0) is 25.4. The fourth-order valence-electron chi connectivity index (χ4n) is 3.57. The van der Waals surface area contributed by atoms with Crippen LogP contribution < -0.4 is 10.1 Å². The molecular weight excluding hydrogens is 476 g/mol. The molecule has 4 aromatic rings. The molecule has 0 radical (unpaired) electrons. The molecule has 0 aliphatic heterocycles. The molecule has 0 bridgehead atoms. The summed E-state index contributed by atoms with van der Waals surface area (Å²) in [4.78, 5) is 20.7. The maximum Gasteiger partial charge on any atom is 0.326 e. The number of aryl methyl sites for hydroxylation is 1. The van der Waals surface area contributed by atoms with Gasteiger partial charge in [0.15, 0.2) is 14.9 Å². The highest BCUT2D eigenvalue weighted by Gasteiger charge is 2.10. The van der Waals surface area contributed by atoms with Gasteiger partial charge >= 0.3 is 6.03 Å². The summed E-state index contributed by atoms with van der Waals surface area (Å²) >= 11 is 0. The third-order valence-electron chi connectivity index (χ3n) is 5.56. The average Bonchev–Trinajstić information content (AvgIpc) is 3.38. The van der Waals surface area contributed by atoms with Crippen LogP contribution in [0.3, 0.4) is 0 Å². The van der Waals surface area contributed by atoms with E-state index in [0.29, 0.717) is 18.0 Å². The molecule has 0 saturated heterocycles. The Morgan fingerprint density at radius 1 is 0.944 bits per heavy atom. The molecule has 0 saturated carbocycles.